The number of fused-ring (bicyclic) bond motifs is 2. The molecule has 1 amide bonds. The first kappa shape index (κ1) is 10.9. The van der Waals surface area contributed by atoms with E-state index in [0.29, 0.717) is 12.5 Å². The highest BCUT2D eigenvalue weighted by Gasteiger charge is 2.60. The Hall–Kier alpha value is -1.87. The molecule has 1 saturated heterocycles. The van der Waals surface area contributed by atoms with Gasteiger partial charge >= 0.3 is 0 Å². The van der Waals surface area contributed by atoms with Crippen molar-refractivity contribution in [2.24, 2.45) is 0 Å². The molecule has 1 aromatic carbocycles. The number of rotatable bonds is 0. The minimum Gasteiger partial charge on any atom is -0.310 e. The topological polar surface area (TPSA) is 32.3 Å². The van der Waals surface area contributed by atoms with Crippen molar-refractivity contribution in [3.8, 4) is 0 Å². The van der Waals surface area contributed by atoms with Crippen LogP contribution in [0.25, 0.3) is 0 Å². The molecule has 0 radical (unpaired) electrons. The molecule has 1 fully saturated rings. The van der Waals surface area contributed by atoms with E-state index in [2.05, 4.69) is 46.6 Å². The molecular formula is C17H16N2O. The molecule has 20 heavy (non-hydrogen) atoms. The smallest absolute Gasteiger partial charge is 0.231 e. The van der Waals surface area contributed by atoms with E-state index < -0.39 is 0 Å². The first-order chi connectivity index (χ1) is 9.82. The summed E-state index contributed by atoms with van der Waals surface area (Å²) in [7, 11) is 0. The number of hydrogen-bond donors (Lipinski definition) is 1. The molecule has 3 heteroatoms. The van der Waals surface area contributed by atoms with Crippen LogP contribution in [0.1, 0.15) is 18.4 Å². The summed E-state index contributed by atoms with van der Waals surface area (Å²) in [6, 6.07) is 9.03. The third-order valence-corrected chi connectivity index (χ3v) is 5.45. The van der Waals surface area contributed by atoms with Gasteiger partial charge in [0.05, 0.1) is 6.04 Å². The van der Waals surface area contributed by atoms with Crippen molar-refractivity contribution in [3.05, 3.63) is 53.6 Å². The van der Waals surface area contributed by atoms with Crippen LogP contribution in [0, 0.1) is 0 Å². The van der Waals surface area contributed by atoms with Crippen LogP contribution in [0.15, 0.2) is 48.1 Å². The highest BCUT2D eigenvalue weighted by Crippen LogP contribution is 2.56. The Balaban J connectivity index is 1.87. The molecule has 0 aromatic heterocycles. The number of nitrogens with one attached hydrogen (secondary N) is 1. The summed E-state index contributed by atoms with van der Waals surface area (Å²) in [6.07, 6.45) is 8.27. The van der Waals surface area contributed by atoms with Gasteiger partial charge in [0.1, 0.15) is 0 Å². The van der Waals surface area contributed by atoms with Gasteiger partial charge in [-0.1, -0.05) is 36.4 Å². The molecule has 0 saturated carbocycles. The van der Waals surface area contributed by atoms with Gasteiger partial charge in [0.2, 0.25) is 5.91 Å². The van der Waals surface area contributed by atoms with Crippen LogP contribution in [0.2, 0.25) is 0 Å². The van der Waals surface area contributed by atoms with Gasteiger partial charge in [0.15, 0.2) is 0 Å². The standard InChI is InChI=1S/C17H16N2O/c20-15-8-6-11-5-7-14-17(9-10-18-14)12-3-1-2-4-13(12)19(15)16(11)17/h1-7,14,16,18H,8-10H2/t14-,16-,17+/m0/s1. The fourth-order valence-electron chi connectivity index (χ4n) is 4.72. The van der Waals surface area contributed by atoms with Gasteiger partial charge < -0.3 is 10.2 Å². The molecule has 5 rings (SSSR count). The fraction of sp³-hybridized carbons (Fsp3) is 0.353. The van der Waals surface area contributed by atoms with Crippen LogP contribution in [0.3, 0.4) is 0 Å². The van der Waals surface area contributed by atoms with E-state index in [0.717, 1.165) is 18.7 Å². The van der Waals surface area contributed by atoms with E-state index in [1.807, 2.05) is 6.07 Å². The molecule has 3 heterocycles. The Kier molecular flexibility index (Phi) is 1.85. The van der Waals surface area contributed by atoms with Crippen molar-refractivity contribution < 1.29 is 4.79 Å². The van der Waals surface area contributed by atoms with Crippen LogP contribution in [-0.2, 0) is 10.2 Å². The lowest BCUT2D eigenvalue weighted by Gasteiger charge is -2.44. The molecule has 1 aromatic rings. The van der Waals surface area contributed by atoms with E-state index in [1.165, 1.54) is 11.1 Å². The molecule has 3 aliphatic heterocycles. The van der Waals surface area contributed by atoms with E-state index >= 15 is 0 Å². The predicted octanol–water partition coefficient (Wildman–Crippen LogP) is 1.90. The number of amides is 1. The van der Waals surface area contributed by atoms with Gasteiger partial charge in [-0.2, -0.15) is 0 Å². The highest BCUT2D eigenvalue weighted by molar-refractivity contribution is 6.01. The van der Waals surface area contributed by atoms with Gasteiger partial charge in [-0.3, -0.25) is 4.79 Å². The minimum atomic E-state index is 0.0489. The molecule has 0 unspecified atom stereocenters. The zero-order valence-corrected chi connectivity index (χ0v) is 11.2. The average molecular weight is 264 g/mol. The molecule has 4 aliphatic rings. The molecule has 3 nitrogen and oxygen atoms in total. The Morgan fingerprint density at radius 3 is 3.15 bits per heavy atom. The fourth-order valence-corrected chi connectivity index (χ4v) is 4.72. The number of para-hydroxylation sites is 1. The van der Waals surface area contributed by atoms with Gasteiger partial charge in [-0.15, -0.1) is 0 Å². The summed E-state index contributed by atoms with van der Waals surface area (Å²) >= 11 is 0. The minimum absolute atomic E-state index is 0.0489. The molecular weight excluding hydrogens is 248 g/mol. The van der Waals surface area contributed by atoms with Crippen LogP contribution >= 0.6 is 0 Å². The van der Waals surface area contributed by atoms with Crippen LogP contribution < -0.4 is 10.2 Å². The maximum absolute atomic E-state index is 12.5. The van der Waals surface area contributed by atoms with E-state index in [9.17, 15) is 4.79 Å². The summed E-state index contributed by atoms with van der Waals surface area (Å²) < 4.78 is 0. The average Bonchev–Trinajstić information content (AvgIpc) is 3.04. The van der Waals surface area contributed by atoms with Crippen LogP contribution in [0.5, 0.6) is 0 Å². The van der Waals surface area contributed by atoms with Gasteiger partial charge in [-0.25, -0.2) is 0 Å². The van der Waals surface area contributed by atoms with E-state index in [4.69, 9.17) is 0 Å². The Morgan fingerprint density at radius 1 is 1.30 bits per heavy atom. The zero-order chi connectivity index (χ0) is 13.3. The van der Waals surface area contributed by atoms with E-state index in [-0.39, 0.29) is 17.4 Å². The van der Waals surface area contributed by atoms with Crippen molar-refractivity contribution in [1.29, 1.82) is 0 Å². The lowest BCUT2D eigenvalue weighted by Crippen LogP contribution is -2.56. The van der Waals surface area contributed by atoms with Gasteiger partial charge in [0, 0.05) is 23.6 Å². The Morgan fingerprint density at radius 2 is 2.20 bits per heavy atom. The lowest BCUT2D eigenvalue weighted by atomic mass is 9.65. The molecule has 1 aliphatic carbocycles. The second-order valence-corrected chi connectivity index (χ2v) is 6.17. The monoisotopic (exact) mass is 264 g/mol. The quantitative estimate of drug-likeness (QED) is 0.776. The van der Waals surface area contributed by atoms with Crippen molar-refractivity contribution in [1.82, 2.24) is 5.32 Å². The number of carbonyl (C=O) groups excluding carboxylic acids is 1. The van der Waals surface area contributed by atoms with E-state index in [1.54, 1.807) is 0 Å². The summed E-state index contributed by atoms with van der Waals surface area (Å²) in [5, 5.41) is 3.61. The Labute approximate surface area is 118 Å². The molecule has 1 spiro atoms. The Bertz CT molecular complexity index is 690. The van der Waals surface area contributed by atoms with Crippen LogP contribution in [0.4, 0.5) is 5.69 Å². The molecule has 100 valence electrons. The number of anilines is 1. The third-order valence-electron chi connectivity index (χ3n) is 5.45. The molecule has 0 bridgehead atoms. The summed E-state index contributed by atoms with van der Waals surface area (Å²) in [5.74, 6) is 0.240. The summed E-state index contributed by atoms with van der Waals surface area (Å²) in [5.41, 5.74) is 3.85. The highest BCUT2D eigenvalue weighted by atomic mass is 16.2. The van der Waals surface area contributed by atoms with Crippen molar-refractivity contribution in [2.45, 2.75) is 30.3 Å². The van der Waals surface area contributed by atoms with Gasteiger partial charge in [-0.05, 0) is 30.2 Å². The number of carbonyl (C=O) groups is 1. The second-order valence-electron chi connectivity index (χ2n) is 6.17. The van der Waals surface area contributed by atoms with Gasteiger partial charge in [0.25, 0.3) is 0 Å². The largest absolute Gasteiger partial charge is 0.310 e. The number of benzene rings is 1. The summed E-state index contributed by atoms with van der Waals surface area (Å²) in [6.45, 7) is 1.02. The third kappa shape index (κ3) is 1.02. The van der Waals surface area contributed by atoms with Crippen molar-refractivity contribution in [2.75, 3.05) is 11.4 Å². The van der Waals surface area contributed by atoms with Crippen LogP contribution in [-0.4, -0.2) is 24.5 Å². The van der Waals surface area contributed by atoms with Crippen molar-refractivity contribution >= 4 is 11.6 Å². The number of hydrogen-bond acceptors (Lipinski definition) is 2. The molecule has 3 atom stereocenters. The number of nitrogens with zero attached hydrogens (tertiary/aromatic N) is 1. The normalized spacial score (nSPS) is 36.5. The predicted molar refractivity (Wildman–Crippen MR) is 77.6 cm³/mol. The molecule has 1 N–H and O–H groups in total. The van der Waals surface area contributed by atoms with Crippen molar-refractivity contribution in [3.63, 3.8) is 0 Å². The first-order valence-electron chi connectivity index (χ1n) is 7.35. The maximum Gasteiger partial charge on any atom is 0.231 e. The first-order valence-corrected chi connectivity index (χ1v) is 7.35. The SMILES string of the molecule is O=C1CC=C2C=C[C@@H]3NCC[C@@]34c3ccccc3N1[C@@H]24. The summed E-state index contributed by atoms with van der Waals surface area (Å²) in [4.78, 5) is 14.6. The maximum atomic E-state index is 12.5. The second kappa shape index (κ2) is 3.41. The lowest BCUT2D eigenvalue weighted by molar-refractivity contribution is -0.118. The zero-order valence-electron chi connectivity index (χ0n) is 11.2.